The van der Waals surface area contributed by atoms with Gasteiger partial charge in [-0.2, -0.15) is 0 Å². The van der Waals surface area contributed by atoms with E-state index in [1.54, 1.807) is 13.2 Å². The van der Waals surface area contributed by atoms with Gasteiger partial charge in [-0.15, -0.1) is 0 Å². The number of hydrogen-bond acceptors (Lipinski definition) is 2. The first-order chi connectivity index (χ1) is 9.52. The molecule has 106 valence electrons. The van der Waals surface area contributed by atoms with Gasteiger partial charge in [0.05, 0.1) is 7.11 Å². The van der Waals surface area contributed by atoms with E-state index >= 15 is 0 Å². The second-order valence-corrected chi connectivity index (χ2v) is 5.33. The van der Waals surface area contributed by atoms with Crippen molar-refractivity contribution in [3.63, 3.8) is 0 Å². The number of ether oxygens (including phenoxy) is 1. The summed E-state index contributed by atoms with van der Waals surface area (Å²) in [6.45, 7) is 0. The van der Waals surface area contributed by atoms with Crippen molar-refractivity contribution in [1.82, 2.24) is 0 Å². The minimum absolute atomic E-state index is 0.196. The van der Waals surface area contributed by atoms with Crippen LogP contribution in [0.2, 0.25) is 0 Å². The molecule has 2 rings (SSSR count). The van der Waals surface area contributed by atoms with Crippen molar-refractivity contribution in [3.8, 4) is 5.75 Å². The third-order valence-corrected chi connectivity index (χ3v) is 3.56. The number of benzene rings is 2. The summed E-state index contributed by atoms with van der Waals surface area (Å²) in [7, 11) is 1.54. The molecule has 0 saturated carbocycles. The summed E-state index contributed by atoms with van der Waals surface area (Å²) in [5.41, 5.74) is 7.09. The van der Waals surface area contributed by atoms with Crippen LogP contribution in [0.15, 0.2) is 40.9 Å². The summed E-state index contributed by atoms with van der Waals surface area (Å²) >= 11 is 3.34. The standard InChI is InChI=1S/C15H14BrF2NO/c1-20-14-8-10(16)5-6-11(14)13(19)7-9-3-2-4-12(17)15(9)18/h2-6,8,13H,7,19H2,1H3. The molecule has 1 atom stereocenters. The van der Waals surface area contributed by atoms with E-state index in [1.807, 2.05) is 12.1 Å². The van der Waals surface area contributed by atoms with Gasteiger partial charge in [-0.1, -0.05) is 34.1 Å². The Kier molecular flexibility index (Phi) is 4.73. The van der Waals surface area contributed by atoms with Crippen molar-refractivity contribution in [2.75, 3.05) is 7.11 Å². The average molecular weight is 342 g/mol. The van der Waals surface area contributed by atoms with Gasteiger partial charge in [0.2, 0.25) is 0 Å². The highest BCUT2D eigenvalue weighted by molar-refractivity contribution is 9.10. The maximum atomic E-state index is 13.7. The molecule has 2 N–H and O–H groups in total. The van der Waals surface area contributed by atoms with E-state index < -0.39 is 17.7 Å². The maximum absolute atomic E-state index is 13.7. The van der Waals surface area contributed by atoms with Crippen LogP contribution in [0, 0.1) is 11.6 Å². The summed E-state index contributed by atoms with van der Waals surface area (Å²) in [6.07, 6.45) is 0.196. The summed E-state index contributed by atoms with van der Waals surface area (Å²) in [5, 5.41) is 0. The van der Waals surface area contributed by atoms with E-state index in [0.29, 0.717) is 5.75 Å². The van der Waals surface area contributed by atoms with Crippen molar-refractivity contribution < 1.29 is 13.5 Å². The molecule has 5 heteroatoms. The van der Waals surface area contributed by atoms with Crippen LogP contribution in [0.4, 0.5) is 8.78 Å². The highest BCUT2D eigenvalue weighted by atomic mass is 79.9. The molecule has 0 aliphatic rings. The zero-order chi connectivity index (χ0) is 14.7. The Hall–Kier alpha value is -1.46. The molecule has 0 heterocycles. The molecule has 0 fully saturated rings. The molecule has 2 aromatic rings. The minimum atomic E-state index is -0.863. The topological polar surface area (TPSA) is 35.2 Å². The smallest absolute Gasteiger partial charge is 0.162 e. The first kappa shape index (κ1) is 14.9. The van der Waals surface area contributed by atoms with E-state index in [-0.39, 0.29) is 12.0 Å². The lowest BCUT2D eigenvalue weighted by molar-refractivity contribution is 0.404. The molecule has 0 radical (unpaired) electrons. The Bertz CT molecular complexity index is 619. The van der Waals surface area contributed by atoms with Crippen LogP contribution in [0.3, 0.4) is 0 Å². The fraction of sp³-hybridized carbons (Fsp3) is 0.200. The summed E-state index contributed by atoms with van der Waals surface area (Å²) < 4.78 is 33.0. The number of methoxy groups -OCH3 is 1. The van der Waals surface area contributed by atoms with Crippen molar-refractivity contribution in [2.45, 2.75) is 12.5 Å². The van der Waals surface area contributed by atoms with Crippen molar-refractivity contribution in [1.29, 1.82) is 0 Å². The zero-order valence-electron chi connectivity index (χ0n) is 10.9. The van der Waals surface area contributed by atoms with Crippen molar-refractivity contribution in [2.24, 2.45) is 5.73 Å². The zero-order valence-corrected chi connectivity index (χ0v) is 12.5. The Morgan fingerprint density at radius 2 is 2.00 bits per heavy atom. The number of nitrogens with two attached hydrogens (primary N) is 1. The van der Waals surface area contributed by atoms with E-state index in [9.17, 15) is 8.78 Å². The fourth-order valence-corrected chi connectivity index (χ4v) is 2.38. The van der Waals surface area contributed by atoms with Gasteiger partial charge in [-0.25, -0.2) is 8.78 Å². The number of halogens is 3. The van der Waals surface area contributed by atoms with Crippen molar-refractivity contribution >= 4 is 15.9 Å². The van der Waals surface area contributed by atoms with Gasteiger partial charge >= 0.3 is 0 Å². The molecule has 2 aromatic carbocycles. The van der Waals surface area contributed by atoms with Crippen LogP contribution in [0.1, 0.15) is 17.2 Å². The van der Waals surface area contributed by atoms with Gasteiger partial charge in [-0.05, 0) is 30.2 Å². The van der Waals surface area contributed by atoms with E-state index in [4.69, 9.17) is 10.5 Å². The lowest BCUT2D eigenvalue weighted by atomic mass is 9.98. The molecule has 0 aromatic heterocycles. The molecule has 1 unspecified atom stereocenters. The molecule has 2 nitrogen and oxygen atoms in total. The Labute approximate surface area is 124 Å². The van der Waals surface area contributed by atoms with E-state index in [1.165, 1.54) is 12.1 Å². The molecule has 0 spiro atoms. The molecule has 0 aliphatic carbocycles. The van der Waals surface area contributed by atoms with E-state index in [2.05, 4.69) is 15.9 Å². The molecule has 20 heavy (non-hydrogen) atoms. The van der Waals surface area contributed by atoms with Crippen LogP contribution >= 0.6 is 15.9 Å². The van der Waals surface area contributed by atoms with Gasteiger partial charge in [-0.3, -0.25) is 0 Å². The van der Waals surface area contributed by atoms with Gasteiger partial charge in [0.15, 0.2) is 11.6 Å². The predicted molar refractivity (Wildman–Crippen MR) is 77.7 cm³/mol. The molecular weight excluding hydrogens is 328 g/mol. The van der Waals surface area contributed by atoms with Crippen LogP contribution < -0.4 is 10.5 Å². The highest BCUT2D eigenvalue weighted by Gasteiger charge is 2.16. The molecule has 0 bridgehead atoms. The van der Waals surface area contributed by atoms with Crippen LogP contribution in [-0.4, -0.2) is 7.11 Å². The lowest BCUT2D eigenvalue weighted by Gasteiger charge is -2.16. The van der Waals surface area contributed by atoms with Gasteiger partial charge < -0.3 is 10.5 Å². The van der Waals surface area contributed by atoms with Crippen LogP contribution in [-0.2, 0) is 6.42 Å². The normalized spacial score (nSPS) is 12.2. The summed E-state index contributed by atoms with van der Waals surface area (Å²) in [4.78, 5) is 0. The Morgan fingerprint density at radius 3 is 2.70 bits per heavy atom. The van der Waals surface area contributed by atoms with E-state index in [0.717, 1.165) is 16.1 Å². The SMILES string of the molecule is COc1cc(Br)ccc1C(N)Cc1cccc(F)c1F. The Balaban J connectivity index is 2.28. The van der Waals surface area contributed by atoms with Crippen LogP contribution in [0.5, 0.6) is 5.75 Å². The third-order valence-electron chi connectivity index (χ3n) is 3.07. The quantitative estimate of drug-likeness (QED) is 0.912. The van der Waals surface area contributed by atoms with Crippen LogP contribution in [0.25, 0.3) is 0 Å². The van der Waals surface area contributed by atoms with Gasteiger partial charge in [0.1, 0.15) is 5.75 Å². The second kappa shape index (κ2) is 6.33. The second-order valence-electron chi connectivity index (χ2n) is 4.41. The largest absolute Gasteiger partial charge is 0.496 e. The van der Waals surface area contributed by atoms with Gasteiger partial charge in [0, 0.05) is 16.1 Å². The maximum Gasteiger partial charge on any atom is 0.162 e. The molecule has 0 amide bonds. The first-order valence-electron chi connectivity index (χ1n) is 6.05. The highest BCUT2D eigenvalue weighted by Crippen LogP contribution is 2.29. The first-order valence-corrected chi connectivity index (χ1v) is 6.84. The van der Waals surface area contributed by atoms with Gasteiger partial charge in [0.25, 0.3) is 0 Å². The average Bonchev–Trinajstić information content (AvgIpc) is 2.43. The molecule has 0 saturated heterocycles. The molecule has 0 aliphatic heterocycles. The lowest BCUT2D eigenvalue weighted by Crippen LogP contribution is -2.15. The summed E-state index contributed by atoms with van der Waals surface area (Å²) in [6, 6.07) is 9.05. The fourth-order valence-electron chi connectivity index (χ4n) is 2.04. The Morgan fingerprint density at radius 1 is 1.25 bits per heavy atom. The number of rotatable bonds is 4. The number of hydrogen-bond donors (Lipinski definition) is 1. The van der Waals surface area contributed by atoms with Crippen molar-refractivity contribution in [3.05, 3.63) is 63.6 Å². The predicted octanol–water partition coefficient (Wildman–Crippen LogP) is 3.98. The molecular formula is C15H14BrF2NO. The minimum Gasteiger partial charge on any atom is -0.496 e. The third kappa shape index (κ3) is 3.16. The monoisotopic (exact) mass is 341 g/mol. The summed E-state index contributed by atoms with van der Waals surface area (Å²) in [5.74, 6) is -1.10.